The van der Waals surface area contributed by atoms with Gasteiger partial charge in [0, 0.05) is 17.6 Å². The van der Waals surface area contributed by atoms with Crippen LogP contribution in [0.4, 0.5) is 0 Å². The normalized spacial score (nSPS) is 21.6. The summed E-state index contributed by atoms with van der Waals surface area (Å²) < 4.78 is 10.5. The molecule has 1 aliphatic rings. The number of allylic oxidation sites excluding steroid dienone is 3. The Balaban J connectivity index is 2.36. The van der Waals surface area contributed by atoms with E-state index in [1.165, 1.54) is 18.2 Å². The zero-order valence-electron chi connectivity index (χ0n) is 11.8. The molecule has 0 bridgehead atoms. The van der Waals surface area contributed by atoms with Crippen molar-refractivity contribution in [2.45, 2.75) is 39.5 Å². The van der Waals surface area contributed by atoms with Gasteiger partial charge in [0.1, 0.15) is 5.76 Å². The van der Waals surface area contributed by atoms with Crippen molar-refractivity contribution < 1.29 is 13.9 Å². The lowest BCUT2D eigenvalue weighted by molar-refractivity contribution is -0.136. The van der Waals surface area contributed by atoms with E-state index in [9.17, 15) is 4.79 Å². The van der Waals surface area contributed by atoms with Crippen molar-refractivity contribution in [3.8, 4) is 0 Å². The maximum Gasteiger partial charge on any atom is 0.333 e. The van der Waals surface area contributed by atoms with E-state index >= 15 is 0 Å². The Morgan fingerprint density at radius 1 is 1.32 bits per heavy atom. The number of aryl methyl sites for hydroxylation is 1. The predicted octanol–water partition coefficient (Wildman–Crippen LogP) is 3.51. The minimum atomic E-state index is -0.227. The van der Waals surface area contributed by atoms with Gasteiger partial charge in [-0.25, -0.2) is 4.79 Å². The van der Waals surface area contributed by atoms with E-state index in [1.807, 2.05) is 13.0 Å². The molecule has 19 heavy (non-hydrogen) atoms. The third-order valence-corrected chi connectivity index (χ3v) is 3.54. The van der Waals surface area contributed by atoms with E-state index in [2.05, 4.69) is 13.0 Å². The molecule has 0 N–H and O–H groups in total. The first-order valence-corrected chi connectivity index (χ1v) is 6.60. The lowest BCUT2D eigenvalue weighted by atomic mass is 9.98. The van der Waals surface area contributed by atoms with Gasteiger partial charge in [-0.3, -0.25) is 0 Å². The summed E-state index contributed by atoms with van der Waals surface area (Å²) in [6.07, 6.45) is 9.12. The number of methoxy groups -OCH3 is 1. The van der Waals surface area contributed by atoms with E-state index in [4.69, 9.17) is 9.15 Å². The molecule has 0 fully saturated rings. The van der Waals surface area contributed by atoms with Crippen LogP contribution >= 0.6 is 0 Å². The Kier molecular flexibility index (Phi) is 4.25. The fourth-order valence-electron chi connectivity index (χ4n) is 2.39. The van der Waals surface area contributed by atoms with Gasteiger partial charge in [0.15, 0.2) is 0 Å². The minimum absolute atomic E-state index is 0.227. The molecule has 3 nitrogen and oxygen atoms in total. The van der Waals surface area contributed by atoms with Crippen LogP contribution in [0.25, 0.3) is 0 Å². The fourth-order valence-corrected chi connectivity index (χ4v) is 2.39. The van der Waals surface area contributed by atoms with Crippen molar-refractivity contribution in [1.29, 1.82) is 0 Å². The minimum Gasteiger partial charge on any atom is -0.468 e. The summed E-state index contributed by atoms with van der Waals surface area (Å²) in [5.74, 6) is 0.781. The summed E-state index contributed by atoms with van der Waals surface area (Å²) >= 11 is 0. The summed E-state index contributed by atoms with van der Waals surface area (Å²) in [5, 5.41) is 0. The van der Waals surface area contributed by atoms with Crippen LogP contribution in [0, 0.1) is 6.92 Å². The molecule has 102 valence electrons. The summed E-state index contributed by atoms with van der Waals surface area (Å²) in [5.41, 5.74) is 4.36. The van der Waals surface area contributed by atoms with Gasteiger partial charge in [-0.1, -0.05) is 17.7 Å². The van der Waals surface area contributed by atoms with Gasteiger partial charge in [-0.15, -0.1) is 0 Å². The average Bonchev–Trinajstić information content (AvgIpc) is 2.74. The molecule has 0 amide bonds. The molecule has 1 heterocycles. The van der Waals surface area contributed by atoms with E-state index in [1.54, 1.807) is 6.26 Å². The Bertz CT molecular complexity index is 532. The molecular formula is C16H20O3. The molecule has 0 atom stereocenters. The molecule has 3 heteroatoms. The van der Waals surface area contributed by atoms with Crippen LogP contribution in [0.1, 0.15) is 36.7 Å². The second-order valence-corrected chi connectivity index (χ2v) is 5.01. The number of ether oxygens (including phenoxy) is 1. The van der Waals surface area contributed by atoms with E-state index < -0.39 is 0 Å². The second kappa shape index (κ2) is 5.91. The van der Waals surface area contributed by atoms with Gasteiger partial charge in [0.2, 0.25) is 0 Å². The number of fused-ring (bicyclic) bond motifs is 1. The van der Waals surface area contributed by atoms with Gasteiger partial charge in [-0.05, 0) is 38.7 Å². The van der Waals surface area contributed by atoms with Gasteiger partial charge in [0.25, 0.3) is 0 Å². The van der Waals surface area contributed by atoms with Crippen molar-refractivity contribution in [3.63, 3.8) is 0 Å². The maximum absolute atomic E-state index is 11.7. The largest absolute Gasteiger partial charge is 0.468 e. The van der Waals surface area contributed by atoms with Crippen LogP contribution in [-0.2, 0) is 22.4 Å². The Morgan fingerprint density at radius 2 is 2.11 bits per heavy atom. The first kappa shape index (κ1) is 13.7. The standard InChI is InChI=1S/C16H20O3/c1-11-5-4-6-13(16(17)18-3)7-8-14-12(2)10-19-15(14)9-11/h5,7,10H,4,6,8-9H2,1-3H3/b11-5+,13-7-. The van der Waals surface area contributed by atoms with Crippen molar-refractivity contribution in [2.75, 3.05) is 7.11 Å². The monoisotopic (exact) mass is 260 g/mol. The summed E-state index contributed by atoms with van der Waals surface area (Å²) in [7, 11) is 1.43. The van der Waals surface area contributed by atoms with Crippen LogP contribution in [0.3, 0.4) is 0 Å². The lowest BCUT2D eigenvalue weighted by Gasteiger charge is -2.09. The third-order valence-electron chi connectivity index (χ3n) is 3.54. The summed E-state index contributed by atoms with van der Waals surface area (Å²) in [4.78, 5) is 11.7. The highest BCUT2D eigenvalue weighted by molar-refractivity contribution is 5.88. The number of hydrogen-bond donors (Lipinski definition) is 0. The zero-order valence-corrected chi connectivity index (χ0v) is 11.8. The molecule has 0 radical (unpaired) electrons. The Morgan fingerprint density at radius 3 is 2.84 bits per heavy atom. The smallest absolute Gasteiger partial charge is 0.333 e. The highest BCUT2D eigenvalue weighted by Gasteiger charge is 2.14. The van der Waals surface area contributed by atoms with Crippen molar-refractivity contribution in [2.24, 2.45) is 0 Å². The molecule has 0 aliphatic heterocycles. The van der Waals surface area contributed by atoms with Crippen molar-refractivity contribution >= 4 is 5.97 Å². The molecular weight excluding hydrogens is 240 g/mol. The van der Waals surface area contributed by atoms with Gasteiger partial charge < -0.3 is 9.15 Å². The van der Waals surface area contributed by atoms with Crippen LogP contribution < -0.4 is 0 Å². The zero-order chi connectivity index (χ0) is 13.8. The van der Waals surface area contributed by atoms with E-state index in [0.29, 0.717) is 0 Å². The lowest BCUT2D eigenvalue weighted by Crippen LogP contribution is -2.06. The number of carbonyl (C=O) groups is 1. The van der Waals surface area contributed by atoms with Crippen molar-refractivity contribution in [1.82, 2.24) is 0 Å². The highest BCUT2D eigenvalue weighted by atomic mass is 16.5. The number of rotatable bonds is 1. The van der Waals surface area contributed by atoms with Gasteiger partial charge in [-0.2, -0.15) is 0 Å². The number of carbonyl (C=O) groups excluding carboxylic acids is 1. The van der Waals surface area contributed by atoms with Gasteiger partial charge >= 0.3 is 5.97 Å². The SMILES string of the molecule is COC(=O)/C1=C\Cc2c(C)coc2C/C(C)=C/CC1. The highest BCUT2D eigenvalue weighted by Crippen LogP contribution is 2.23. The van der Waals surface area contributed by atoms with Crippen LogP contribution in [0.15, 0.2) is 34.0 Å². The molecule has 1 aliphatic carbocycles. The fraction of sp³-hybridized carbons (Fsp3) is 0.438. The molecule has 0 unspecified atom stereocenters. The van der Waals surface area contributed by atoms with Crippen LogP contribution in [0.2, 0.25) is 0 Å². The second-order valence-electron chi connectivity index (χ2n) is 5.01. The summed E-state index contributed by atoms with van der Waals surface area (Å²) in [6.45, 7) is 4.14. The molecule has 2 rings (SSSR count). The number of esters is 1. The molecule has 1 aromatic rings. The average molecular weight is 260 g/mol. The number of hydrogen-bond acceptors (Lipinski definition) is 3. The molecule has 0 saturated carbocycles. The third kappa shape index (κ3) is 3.16. The molecule has 0 spiro atoms. The van der Waals surface area contributed by atoms with Gasteiger partial charge in [0.05, 0.1) is 13.4 Å². The quantitative estimate of drug-likeness (QED) is 0.573. The van der Waals surface area contributed by atoms with Crippen LogP contribution in [0.5, 0.6) is 0 Å². The molecule has 0 saturated heterocycles. The molecule has 1 aromatic heterocycles. The maximum atomic E-state index is 11.7. The van der Waals surface area contributed by atoms with E-state index in [0.717, 1.165) is 42.6 Å². The first-order valence-electron chi connectivity index (χ1n) is 6.60. The molecule has 0 aromatic carbocycles. The van der Waals surface area contributed by atoms with Crippen molar-refractivity contribution in [3.05, 3.63) is 46.4 Å². The Labute approximate surface area is 113 Å². The Hall–Kier alpha value is -1.77. The number of furan rings is 1. The van der Waals surface area contributed by atoms with E-state index in [-0.39, 0.29) is 5.97 Å². The predicted molar refractivity (Wildman–Crippen MR) is 73.9 cm³/mol. The first-order chi connectivity index (χ1) is 9.11. The van der Waals surface area contributed by atoms with Crippen LogP contribution in [-0.4, -0.2) is 13.1 Å². The summed E-state index contributed by atoms with van der Waals surface area (Å²) in [6, 6.07) is 0. The topological polar surface area (TPSA) is 39.4 Å².